The van der Waals surface area contributed by atoms with E-state index in [1.807, 2.05) is 25.1 Å². The number of carbonyl (C=O) groups excluding carboxylic acids is 2. The molecule has 1 aliphatic carbocycles. The van der Waals surface area contributed by atoms with E-state index in [9.17, 15) is 14.0 Å². The Kier molecular flexibility index (Phi) is 6.04. The summed E-state index contributed by atoms with van der Waals surface area (Å²) in [6.07, 6.45) is 1.49. The number of hydrogen-bond acceptors (Lipinski definition) is 3. The molecule has 0 aromatic heterocycles. The van der Waals surface area contributed by atoms with Gasteiger partial charge in [-0.1, -0.05) is 48.9 Å². The molecule has 7 heteroatoms. The van der Waals surface area contributed by atoms with Crippen molar-refractivity contribution in [3.05, 3.63) is 70.0 Å². The van der Waals surface area contributed by atoms with Gasteiger partial charge in [-0.2, -0.15) is 0 Å². The highest BCUT2D eigenvalue weighted by Crippen LogP contribution is 2.52. The Bertz CT molecular complexity index is 1000. The molecule has 2 aromatic carbocycles. The smallest absolute Gasteiger partial charge is 0.256 e. The fraction of sp³-hybridized carbons (Fsp3) is 0.417. The molecule has 2 aromatic rings. The number of amides is 2. The molecule has 1 N–H and O–H groups in total. The topological polar surface area (TPSA) is 58.6 Å². The maximum atomic E-state index is 14.4. The Morgan fingerprint density at radius 3 is 2.58 bits per heavy atom. The molecule has 1 aliphatic heterocycles. The van der Waals surface area contributed by atoms with Crippen LogP contribution in [0.15, 0.2) is 42.5 Å². The zero-order valence-electron chi connectivity index (χ0n) is 17.7. The summed E-state index contributed by atoms with van der Waals surface area (Å²) in [7, 11) is 1.67. The quantitative estimate of drug-likeness (QED) is 0.767. The van der Waals surface area contributed by atoms with Gasteiger partial charge in [0.1, 0.15) is 0 Å². The van der Waals surface area contributed by atoms with Gasteiger partial charge in [-0.05, 0) is 36.1 Å². The number of piperidine rings is 1. The van der Waals surface area contributed by atoms with Gasteiger partial charge in [0.05, 0.1) is 22.7 Å². The molecule has 1 saturated heterocycles. The third kappa shape index (κ3) is 3.62. The second-order valence-corrected chi connectivity index (χ2v) is 8.60. The fourth-order valence-electron chi connectivity index (χ4n) is 5.15. The van der Waals surface area contributed by atoms with Gasteiger partial charge >= 0.3 is 0 Å². The van der Waals surface area contributed by atoms with Gasteiger partial charge in [-0.15, -0.1) is 0 Å². The van der Waals surface area contributed by atoms with Crippen molar-refractivity contribution < 1.29 is 18.7 Å². The minimum atomic E-state index is -0.683. The lowest BCUT2D eigenvalue weighted by atomic mass is 9.71. The Morgan fingerprint density at radius 2 is 1.90 bits per heavy atom. The van der Waals surface area contributed by atoms with Crippen molar-refractivity contribution in [3.8, 4) is 0 Å². The molecule has 0 radical (unpaired) electrons. The van der Waals surface area contributed by atoms with Crippen LogP contribution in [0.25, 0.3) is 0 Å². The fourth-order valence-corrected chi connectivity index (χ4v) is 5.32. The molecule has 2 amide bonds. The van der Waals surface area contributed by atoms with Gasteiger partial charge in [0, 0.05) is 32.0 Å². The van der Waals surface area contributed by atoms with Crippen LogP contribution < -0.4 is 5.32 Å². The molecule has 31 heavy (non-hydrogen) atoms. The van der Waals surface area contributed by atoms with Crippen molar-refractivity contribution in [1.29, 1.82) is 0 Å². The Balaban J connectivity index is 1.61. The number of halogens is 2. The first kappa shape index (κ1) is 21.8. The second kappa shape index (κ2) is 8.60. The number of fused-ring (bicyclic) bond motifs is 2. The molecule has 164 valence electrons. The molecule has 1 spiro atoms. The first-order chi connectivity index (χ1) is 14.9. The predicted molar refractivity (Wildman–Crippen MR) is 117 cm³/mol. The Labute approximate surface area is 186 Å². The van der Waals surface area contributed by atoms with E-state index in [4.69, 9.17) is 16.3 Å². The number of benzene rings is 2. The Hall–Kier alpha value is -2.44. The minimum Gasteiger partial charge on any atom is -0.378 e. The number of carbonyl (C=O) groups is 2. The monoisotopic (exact) mass is 444 g/mol. The van der Waals surface area contributed by atoms with Crippen LogP contribution in [0.5, 0.6) is 0 Å². The number of hydrogen-bond donors (Lipinski definition) is 1. The number of ether oxygens (including phenoxy) is 1. The molecule has 2 aliphatic rings. The van der Waals surface area contributed by atoms with Crippen molar-refractivity contribution in [3.63, 3.8) is 0 Å². The van der Waals surface area contributed by atoms with E-state index in [0.29, 0.717) is 32.4 Å². The van der Waals surface area contributed by atoms with Crippen LogP contribution >= 0.6 is 11.6 Å². The summed E-state index contributed by atoms with van der Waals surface area (Å²) in [5.41, 5.74) is 1.90. The van der Waals surface area contributed by atoms with E-state index in [2.05, 4.69) is 11.4 Å². The molecule has 0 saturated carbocycles. The van der Waals surface area contributed by atoms with Crippen molar-refractivity contribution in [2.24, 2.45) is 0 Å². The maximum Gasteiger partial charge on any atom is 0.256 e. The number of likely N-dealkylation sites (tertiary alicyclic amines) is 1. The minimum absolute atomic E-state index is 0.00773. The van der Waals surface area contributed by atoms with Gasteiger partial charge in [-0.25, -0.2) is 4.39 Å². The predicted octanol–water partition coefficient (Wildman–Crippen LogP) is 4.25. The summed E-state index contributed by atoms with van der Waals surface area (Å²) in [5.74, 6) is -1.06. The first-order valence-corrected chi connectivity index (χ1v) is 11.0. The highest BCUT2D eigenvalue weighted by Gasteiger charge is 2.54. The van der Waals surface area contributed by atoms with Crippen LogP contribution in [-0.2, 0) is 14.9 Å². The highest BCUT2D eigenvalue weighted by atomic mass is 35.5. The van der Waals surface area contributed by atoms with Crippen molar-refractivity contribution in [2.75, 3.05) is 20.2 Å². The van der Waals surface area contributed by atoms with Crippen LogP contribution in [0.2, 0.25) is 5.02 Å². The van der Waals surface area contributed by atoms with Gasteiger partial charge in [-0.3, -0.25) is 9.59 Å². The normalized spacial score (nSPS) is 21.7. The van der Waals surface area contributed by atoms with Crippen molar-refractivity contribution in [1.82, 2.24) is 10.2 Å². The largest absolute Gasteiger partial charge is 0.378 e. The zero-order chi connectivity index (χ0) is 22.2. The average Bonchev–Trinajstić information content (AvgIpc) is 3.04. The van der Waals surface area contributed by atoms with Crippen molar-refractivity contribution in [2.45, 2.75) is 43.7 Å². The number of rotatable bonds is 4. The molecule has 0 bridgehead atoms. The van der Waals surface area contributed by atoms with Gasteiger partial charge < -0.3 is 15.0 Å². The van der Waals surface area contributed by atoms with Gasteiger partial charge in [0.15, 0.2) is 5.82 Å². The zero-order valence-corrected chi connectivity index (χ0v) is 18.4. The lowest BCUT2D eigenvalue weighted by Gasteiger charge is -2.44. The van der Waals surface area contributed by atoms with Gasteiger partial charge in [0.2, 0.25) is 5.91 Å². The third-order valence-corrected chi connectivity index (χ3v) is 6.99. The summed E-state index contributed by atoms with van der Waals surface area (Å²) in [5, 5.41) is 3.06. The average molecular weight is 445 g/mol. The summed E-state index contributed by atoms with van der Waals surface area (Å²) in [4.78, 5) is 26.8. The lowest BCUT2D eigenvalue weighted by Crippen LogP contribution is -2.51. The molecule has 4 rings (SSSR count). The molecule has 0 unspecified atom stereocenters. The number of nitrogens with zero attached hydrogens (tertiary/aromatic N) is 1. The lowest BCUT2D eigenvalue weighted by molar-refractivity contribution is -0.123. The van der Waals surface area contributed by atoms with Crippen LogP contribution in [-0.4, -0.2) is 43.0 Å². The number of nitrogens with one attached hydrogen (secondary N) is 1. The SMILES string of the molecule is CCC(=O)N[C@@H]1c2ccccc2C2(CCN(C(=O)c3cccc(Cl)c3F)CC2)[C@H]1OC. The molecular weight excluding hydrogens is 419 g/mol. The molecule has 1 fully saturated rings. The number of methoxy groups -OCH3 is 1. The summed E-state index contributed by atoms with van der Waals surface area (Å²) in [6.45, 7) is 2.76. The first-order valence-electron chi connectivity index (χ1n) is 10.6. The molecule has 5 nitrogen and oxygen atoms in total. The highest BCUT2D eigenvalue weighted by molar-refractivity contribution is 6.31. The third-order valence-electron chi connectivity index (χ3n) is 6.70. The van der Waals surface area contributed by atoms with E-state index in [1.165, 1.54) is 12.1 Å². The maximum absolute atomic E-state index is 14.4. The summed E-state index contributed by atoms with van der Waals surface area (Å²) in [6, 6.07) is 12.3. The van der Waals surface area contributed by atoms with Crippen LogP contribution in [0.1, 0.15) is 53.7 Å². The standard InChI is InChI=1S/C24H26ClFN2O3/c1-3-19(29)27-21-15-7-4-5-9-17(15)24(22(21)31-2)11-13-28(14-12-24)23(30)16-8-6-10-18(25)20(16)26/h4-10,21-22H,3,11-14H2,1-2H3,(H,27,29)/t21-,22+/m1/s1. The van der Waals surface area contributed by atoms with Crippen LogP contribution in [0.3, 0.4) is 0 Å². The summed E-state index contributed by atoms with van der Waals surface area (Å²) >= 11 is 5.86. The van der Waals surface area contributed by atoms with E-state index in [0.717, 1.165) is 11.1 Å². The summed E-state index contributed by atoms with van der Waals surface area (Å²) < 4.78 is 20.3. The van der Waals surface area contributed by atoms with Crippen LogP contribution in [0, 0.1) is 5.82 Å². The van der Waals surface area contributed by atoms with Crippen LogP contribution in [0.4, 0.5) is 4.39 Å². The van der Waals surface area contributed by atoms with E-state index < -0.39 is 5.82 Å². The second-order valence-electron chi connectivity index (χ2n) is 8.19. The van der Waals surface area contributed by atoms with Gasteiger partial charge in [0.25, 0.3) is 5.91 Å². The Morgan fingerprint density at radius 1 is 1.19 bits per heavy atom. The van der Waals surface area contributed by atoms with E-state index in [1.54, 1.807) is 18.1 Å². The molecule has 2 atom stereocenters. The van der Waals surface area contributed by atoms with E-state index >= 15 is 0 Å². The molecular formula is C24H26ClFN2O3. The van der Waals surface area contributed by atoms with Crippen molar-refractivity contribution >= 4 is 23.4 Å². The molecule has 1 heterocycles. The van der Waals surface area contributed by atoms with E-state index in [-0.39, 0.29) is 40.0 Å².